The van der Waals surface area contributed by atoms with E-state index in [2.05, 4.69) is 22.0 Å². The zero-order valence-electron chi connectivity index (χ0n) is 26.1. The smallest absolute Gasteiger partial charge is 0.411 e. The van der Waals surface area contributed by atoms with E-state index in [9.17, 15) is 18.0 Å². The van der Waals surface area contributed by atoms with Gasteiger partial charge < -0.3 is 18.7 Å². The Morgan fingerprint density at radius 2 is 1.52 bits per heavy atom. The third kappa shape index (κ3) is 6.54. The molecule has 244 valence electrons. The van der Waals surface area contributed by atoms with E-state index in [0.717, 1.165) is 16.8 Å². The number of amides is 2. The molecule has 48 heavy (non-hydrogen) atoms. The van der Waals surface area contributed by atoms with Crippen molar-refractivity contribution in [2.24, 2.45) is 0 Å². The summed E-state index contributed by atoms with van der Waals surface area (Å²) >= 11 is 0. The Morgan fingerprint density at radius 1 is 0.792 bits per heavy atom. The monoisotopic (exact) mass is 662 g/mol. The number of nitrogens with zero attached hydrogens (tertiary/aromatic N) is 4. The lowest BCUT2D eigenvalue weighted by Gasteiger charge is -2.41. The number of rotatable bonds is 7. The average molecular weight is 663 g/mol. The predicted octanol–water partition coefficient (Wildman–Crippen LogP) is 5.41. The number of pyridine rings is 1. The molecule has 1 aromatic heterocycles. The van der Waals surface area contributed by atoms with Gasteiger partial charge in [-0.05, 0) is 53.1 Å². The van der Waals surface area contributed by atoms with Crippen LogP contribution >= 0.6 is 0 Å². The van der Waals surface area contributed by atoms with Crippen molar-refractivity contribution in [2.75, 3.05) is 31.1 Å². The molecule has 0 N–H and O–H groups in total. The third-order valence-corrected chi connectivity index (χ3v) is 10.1. The molecule has 10 nitrogen and oxygen atoms in total. The number of hydrogen-bond donors (Lipinski definition) is 0. The van der Waals surface area contributed by atoms with Crippen molar-refractivity contribution >= 4 is 38.7 Å². The van der Waals surface area contributed by atoms with Gasteiger partial charge >= 0.3 is 16.2 Å². The van der Waals surface area contributed by atoms with Crippen molar-refractivity contribution < 1.29 is 26.9 Å². The molecule has 3 heterocycles. The number of benzene rings is 4. The molecule has 5 aromatic rings. The first kappa shape index (κ1) is 31.2. The molecular weight excluding hydrogens is 628 g/mol. The summed E-state index contributed by atoms with van der Waals surface area (Å²) < 4.78 is 38.1. The quantitative estimate of drug-likeness (QED) is 0.213. The summed E-state index contributed by atoms with van der Waals surface area (Å²) in [5.41, 5.74) is 3.76. The van der Waals surface area contributed by atoms with Gasteiger partial charge in [-0.2, -0.15) is 8.42 Å². The molecule has 1 fully saturated rings. The van der Waals surface area contributed by atoms with Gasteiger partial charge in [0, 0.05) is 49.9 Å². The number of piperazine rings is 1. The number of carbonyl (C=O) groups excluding carboxylic acids is 2. The van der Waals surface area contributed by atoms with E-state index in [-0.39, 0.29) is 36.1 Å². The molecule has 0 aliphatic carbocycles. The number of anilines is 1. The molecule has 2 aliphatic rings. The number of hydrogen-bond acceptors (Lipinski definition) is 8. The third-order valence-electron chi connectivity index (χ3n) is 8.82. The maximum absolute atomic E-state index is 14.1. The van der Waals surface area contributed by atoms with Gasteiger partial charge in [0.05, 0.1) is 12.1 Å². The van der Waals surface area contributed by atoms with Crippen LogP contribution in [0.3, 0.4) is 0 Å². The summed E-state index contributed by atoms with van der Waals surface area (Å²) in [4.78, 5) is 37.4. The minimum Gasteiger partial charge on any atom is -0.445 e. The van der Waals surface area contributed by atoms with E-state index in [1.54, 1.807) is 42.5 Å². The maximum Gasteiger partial charge on any atom is 0.411 e. The van der Waals surface area contributed by atoms with Gasteiger partial charge in [-0.1, -0.05) is 72.8 Å². The fraction of sp³-hybridized carbons (Fsp3) is 0.216. The van der Waals surface area contributed by atoms with Crippen LogP contribution < -0.4 is 9.08 Å². The van der Waals surface area contributed by atoms with E-state index in [1.165, 1.54) is 17.2 Å². The highest BCUT2D eigenvalue weighted by atomic mass is 32.2. The number of ether oxygens (including phenoxy) is 1. The summed E-state index contributed by atoms with van der Waals surface area (Å²) in [6.45, 7) is 2.52. The van der Waals surface area contributed by atoms with Gasteiger partial charge in [-0.25, -0.2) is 4.79 Å². The standard InChI is InChI=1S/C37H34N4O6S/c42-36(40-21-19-39(20-22-40)31-13-5-2-6-14-31)33-24-29-16-17-32(47-48(44,45)34-15-7-11-28-12-8-18-38-35(28)34)23-30(29)25-41(33)37(43)46-26-27-9-3-1-4-10-27/h1-18,23,33H,19-22,24-26H2/t33-/m0/s1. The maximum atomic E-state index is 14.1. The Bertz CT molecular complexity index is 2050. The topological polar surface area (TPSA) is 109 Å². The van der Waals surface area contributed by atoms with Crippen molar-refractivity contribution in [2.45, 2.75) is 30.5 Å². The van der Waals surface area contributed by atoms with Crippen LogP contribution in [0.5, 0.6) is 5.75 Å². The molecule has 0 unspecified atom stereocenters. The summed E-state index contributed by atoms with van der Waals surface area (Å²) in [7, 11) is -4.23. The highest BCUT2D eigenvalue weighted by molar-refractivity contribution is 7.87. The van der Waals surface area contributed by atoms with Gasteiger partial charge in [0.2, 0.25) is 5.91 Å². The molecular formula is C37H34N4O6S. The fourth-order valence-electron chi connectivity index (χ4n) is 6.31. The van der Waals surface area contributed by atoms with Crippen LogP contribution in [0.4, 0.5) is 10.5 Å². The van der Waals surface area contributed by atoms with E-state index in [1.807, 2.05) is 53.4 Å². The molecule has 0 saturated carbocycles. The minimum atomic E-state index is -4.23. The lowest BCUT2D eigenvalue weighted by atomic mass is 9.93. The second-order valence-corrected chi connectivity index (χ2v) is 13.3. The van der Waals surface area contributed by atoms with Crippen molar-refractivity contribution in [1.29, 1.82) is 0 Å². The fourth-order valence-corrected chi connectivity index (χ4v) is 7.41. The van der Waals surface area contributed by atoms with E-state index < -0.39 is 22.3 Å². The van der Waals surface area contributed by atoms with Crippen LogP contribution in [0.25, 0.3) is 10.9 Å². The van der Waals surface area contributed by atoms with Crippen LogP contribution in [0, 0.1) is 0 Å². The summed E-state index contributed by atoms with van der Waals surface area (Å²) in [6, 6.07) is 32.0. The molecule has 2 aliphatic heterocycles. The van der Waals surface area contributed by atoms with Crippen LogP contribution in [0.15, 0.2) is 120 Å². The minimum absolute atomic E-state index is 0.0394. The Hall–Kier alpha value is -5.42. The summed E-state index contributed by atoms with van der Waals surface area (Å²) in [6.07, 6.45) is 1.17. The number of carbonyl (C=O) groups is 2. The van der Waals surface area contributed by atoms with Crippen LogP contribution in [0.2, 0.25) is 0 Å². The van der Waals surface area contributed by atoms with Crippen molar-refractivity contribution in [3.8, 4) is 5.75 Å². The summed E-state index contributed by atoms with van der Waals surface area (Å²) in [5.74, 6) is -0.0440. The molecule has 1 atom stereocenters. The van der Waals surface area contributed by atoms with Gasteiger partial charge in [-0.3, -0.25) is 14.7 Å². The molecule has 0 bridgehead atoms. The number of fused-ring (bicyclic) bond motifs is 2. The van der Waals surface area contributed by atoms with Gasteiger partial charge in [0.15, 0.2) is 0 Å². The lowest BCUT2D eigenvalue weighted by Crippen LogP contribution is -2.57. The zero-order chi connectivity index (χ0) is 33.1. The first-order chi connectivity index (χ1) is 23.4. The molecule has 11 heteroatoms. The Labute approximate surface area is 279 Å². The highest BCUT2D eigenvalue weighted by Gasteiger charge is 2.39. The molecule has 7 rings (SSSR count). The van der Waals surface area contributed by atoms with E-state index >= 15 is 0 Å². The molecule has 0 radical (unpaired) electrons. The highest BCUT2D eigenvalue weighted by Crippen LogP contribution is 2.31. The lowest BCUT2D eigenvalue weighted by molar-refractivity contribution is -0.137. The molecule has 4 aromatic carbocycles. The second-order valence-electron chi connectivity index (χ2n) is 11.8. The van der Waals surface area contributed by atoms with Crippen LogP contribution in [0.1, 0.15) is 16.7 Å². The SMILES string of the molecule is O=C([C@@H]1Cc2ccc(OS(=O)(=O)c3cccc4cccnc34)cc2CN1C(=O)OCc1ccccc1)N1CCN(c2ccccc2)CC1. The van der Waals surface area contributed by atoms with Gasteiger partial charge in [-0.15, -0.1) is 0 Å². The van der Waals surface area contributed by atoms with Crippen LogP contribution in [-0.2, 0) is 39.2 Å². The Kier molecular flexibility index (Phi) is 8.68. The Balaban J connectivity index is 1.12. The van der Waals surface area contributed by atoms with Crippen molar-refractivity contribution in [1.82, 2.24) is 14.8 Å². The van der Waals surface area contributed by atoms with Gasteiger partial charge in [0.1, 0.15) is 23.3 Å². The molecule has 1 saturated heterocycles. The van der Waals surface area contributed by atoms with Crippen LogP contribution in [-0.4, -0.2) is 67.4 Å². The predicted molar refractivity (Wildman–Crippen MR) is 181 cm³/mol. The van der Waals surface area contributed by atoms with Crippen molar-refractivity contribution in [3.63, 3.8) is 0 Å². The number of para-hydroxylation sites is 2. The van der Waals surface area contributed by atoms with Crippen molar-refractivity contribution in [3.05, 3.63) is 132 Å². The average Bonchev–Trinajstić information content (AvgIpc) is 3.13. The largest absolute Gasteiger partial charge is 0.445 e. The van der Waals surface area contributed by atoms with Gasteiger partial charge in [0.25, 0.3) is 0 Å². The molecule has 0 spiro atoms. The summed E-state index contributed by atoms with van der Waals surface area (Å²) in [5, 5.41) is 0.675. The molecule has 2 amide bonds. The second kappa shape index (κ2) is 13.4. The van der Waals surface area contributed by atoms with E-state index in [0.29, 0.717) is 42.6 Å². The number of aromatic nitrogens is 1. The zero-order valence-corrected chi connectivity index (χ0v) is 27.0. The Morgan fingerprint density at radius 3 is 2.29 bits per heavy atom. The normalized spacial score (nSPS) is 16.3. The first-order valence-electron chi connectivity index (χ1n) is 15.8. The first-order valence-corrected chi connectivity index (χ1v) is 17.2. The van der Waals surface area contributed by atoms with E-state index in [4.69, 9.17) is 8.92 Å².